The second kappa shape index (κ2) is 8.18. The van der Waals surface area contributed by atoms with Crippen LogP contribution < -0.4 is 4.90 Å². The van der Waals surface area contributed by atoms with Gasteiger partial charge in [-0.3, -0.25) is 9.59 Å². The van der Waals surface area contributed by atoms with Gasteiger partial charge in [0.2, 0.25) is 11.8 Å². The third-order valence-electron chi connectivity index (χ3n) is 5.77. The van der Waals surface area contributed by atoms with E-state index >= 15 is 0 Å². The van der Waals surface area contributed by atoms with E-state index in [1.807, 2.05) is 0 Å². The summed E-state index contributed by atoms with van der Waals surface area (Å²) in [5, 5.41) is 0. The highest BCUT2D eigenvalue weighted by Crippen LogP contribution is 2.30. The van der Waals surface area contributed by atoms with Crippen molar-refractivity contribution in [3.8, 4) is 0 Å². The number of likely N-dealkylation sites (tertiary alicyclic amines) is 1. The van der Waals surface area contributed by atoms with E-state index in [0.29, 0.717) is 18.7 Å². The van der Waals surface area contributed by atoms with Crippen molar-refractivity contribution < 1.29 is 22.4 Å². The summed E-state index contributed by atoms with van der Waals surface area (Å²) >= 11 is 0. The number of halogens is 1. The predicted octanol–water partition coefficient (Wildman–Crippen LogP) is 2.64. The molecule has 8 heteroatoms. The zero-order valence-electron chi connectivity index (χ0n) is 16.4. The lowest BCUT2D eigenvalue weighted by molar-refractivity contribution is -0.136. The van der Waals surface area contributed by atoms with E-state index in [-0.39, 0.29) is 35.4 Å². The first-order chi connectivity index (χ1) is 14.3. The van der Waals surface area contributed by atoms with Crippen molar-refractivity contribution in [3.63, 3.8) is 0 Å². The summed E-state index contributed by atoms with van der Waals surface area (Å²) < 4.78 is 39.1. The molecule has 0 aromatic heterocycles. The van der Waals surface area contributed by atoms with E-state index in [0.717, 1.165) is 6.42 Å². The first-order valence-electron chi connectivity index (χ1n) is 9.99. The number of anilines is 1. The smallest absolute Gasteiger partial charge is 0.228 e. The Morgan fingerprint density at radius 2 is 1.87 bits per heavy atom. The fourth-order valence-electron chi connectivity index (χ4n) is 4.28. The molecule has 2 aromatic carbocycles. The summed E-state index contributed by atoms with van der Waals surface area (Å²) in [7, 11) is -3.52. The first kappa shape index (κ1) is 20.5. The van der Waals surface area contributed by atoms with Gasteiger partial charge in [-0.05, 0) is 43.2 Å². The molecular weight excluding hydrogens is 407 g/mol. The molecule has 30 heavy (non-hydrogen) atoms. The highest BCUT2D eigenvalue weighted by Gasteiger charge is 2.41. The topological polar surface area (TPSA) is 74.8 Å². The molecule has 2 amide bonds. The van der Waals surface area contributed by atoms with E-state index < -0.39 is 27.6 Å². The molecule has 0 saturated carbocycles. The molecule has 0 N–H and O–H groups in total. The molecule has 2 saturated heterocycles. The summed E-state index contributed by atoms with van der Waals surface area (Å²) in [4.78, 5) is 28.9. The minimum atomic E-state index is -3.52. The van der Waals surface area contributed by atoms with Gasteiger partial charge in [0, 0.05) is 31.2 Å². The van der Waals surface area contributed by atoms with Crippen LogP contribution in [0.4, 0.5) is 10.1 Å². The molecule has 0 bridgehead atoms. The van der Waals surface area contributed by atoms with Gasteiger partial charge in [-0.2, -0.15) is 0 Å². The molecule has 0 radical (unpaired) electrons. The molecule has 0 aliphatic carbocycles. The summed E-state index contributed by atoms with van der Waals surface area (Å²) in [6.07, 6.45) is 1.39. The van der Waals surface area contributed by atoms with Crippen molar-refractivity contribution in [2.24, 2.45) is 5.92 Å². The largest absolute Gasteiger partial charge is 0.338 e. The van der Waals surface area contributed by atoms with Crippen LogP contribution in [0.1, 0.15) is 19.3 Å². The lowest BCUT2D eigenvalue weighted by atomic mass is 10.1. The van der Waals surface area contributed by atoms with Crippen LogP contribution in [0.3, 0.4) is 0 Å². The van der Waals surface area contributed by atoms with Crippen LogP contribution in [0.25, 0.3) is 0 Å². The van der Waals surface area contributed by atoms with Crippen LogP contribution in [0, 0.1) is 11.7 Å². The Balaban J connectivity index is 1.47. The van der Waals surface area contributed by atoms with Gasteiger partial charge in [0.1, 0.15) is 5.82 Å². The number of hydrogen-bond donors (Lipinski definition) is 0. The lowest BCUT2D eigenvalue weighted by Gasteiger charge is -2.27. The monoisotopic (exact) mass is 430 g/mol. The Morgan fingerprint density at radius 1 is 1.10 bits per heavy atom. The summed E-state index contributed by atoms with van der Waals surface area (Å²) in [5.74, 6) is -1.56. The Morgan fingerprint density at radius 3 is 2.60 bits per heavy atom. The zero-order valence-corrected chi connectivity index (χ0v) is 17.2. The Bertz CT molecular complexity index is 1060. The maximum Gasteiger partial charge on any atom is 0.228 e. The highest BCUT2D eigenvalue weighted by atomic mass is 32.2. The van der Waals surface area contributed by atoms with Gasteiger partial charge in [-0.1, -0.05) is 24.3 Å². The van der Waals surface area contributed by atoms with Crippen LogP contribution in [-0.4, -0.2) is 50.0 Å². The Labute approximate surface area is 175 Å². The van der Waals surface area contributed by atoms with E-state index in [1.54, 1.807) is 41.3 Å². The number of nitrogens with zero attached hydrogens (tertiary/aromatic N) is 2. The molecule has 2 aromatic rings. The van der Waals surface area contributed by atoms with Gasteiger partial charge in [-0.25, -0.2) is 12.8 Å². The molecule has 2 fully saturated rings. The van der Waals surface area contributed by atoms with Crippen molar-refractivity contribution in [1.29, 1.82) is 0 Å². The fourth-order valence-corrected chi connectivity index (χ4v) is 5.89. The molecule has 0 spiro atoms. The normalized spacial score (nSPS) is 22.0. The molecule has 158 valence electrons. The molecule has 2 aliphatic heterocycles. The van der Waals surface area contributed by atoms with E-state index in [2.05, 4.69) is 0 Å². The Kier molecular flexibility index (Phi) is 5.60. The molecule has 2 aliphatic rings. The number of benzene rings is 2. The third kappa shape index (κ3) is 4.09. The Hall–Kier alpha value is -2.74. The molecule has 2 heterocycles. The van der Waals surface area contributed by atoms with Gasteiger partial charge in [-0.15, -0.1) is 0 Å². The summed E-state index contributed by atoms with van der Waals surface area (Å²) in [5.41, 5.74) is 0.430. The van der Waals surface area contributed by atoms with Gasteiger partial charge in [0.25, 0.3) is 0 Å². The number of carbonyl (C=O) groups excluding carboxylic acids is 2. The quantitative estimate of drug-likeness (QED) is 0.731. The van der Waals surface area contributed by atoms with Crippen molar-refractivity contribution >= 4 is 27.3 Å². The van der Waals surface area contributed by atoms with E-state index in [4.69, 9.17) is 0 Å². The number of hydrogen-bond acceptors (Lipinski definition) is 4. The zero-order chi connectivity index (χ0) is 21.3. The van der Waals surface area contributed by atoms with Crippen molar-refractivity contribution in [2.75, 3.05) is 23.7 Å². The molecular formula is C22H23FN2O4S. The predicted molar refractivity (Wildman–Crippen MR) is 110 cm³/mol. The van der Waals surface area contributed by atoms with Crippen LogP contribution >= 0.6 is 0 Å². The second-order valence-electron chi connectivity index (χ2n) is 7.81. The number of carbonyl (C=O) groups is 2. The minimum absolute atomic E-state index is 0.0456. The average molecular weight is 431 g/mol. The molecule has 4 rings (SSSR count). The maximum atomic E-state index is 13.5. The molecule has 2 atom stereocenters. The minimum Gasteiger partial charge on any atom is -0.338 e. The van der Waals surface area contributed by atoms with E-state index in [1.165, 1.54) is 23.1 Å². The van der Waals surface area contributed by atoms with Crippen molar-refractivity contribution in [3.05, 3.63) is 60.4 Å². The fraction of sp³-hybridized carbons (Fsp3) is 0.364. The second-order valence-corrected chi connectivity index (χ2v) is 9.84. The highest BCUT2D eigenvalue weighted by molar-refractivity contribution is 7.91. The molecule has 2 unspecified atom stereocenters. The van der Waals surface area contributed by atoms with Gasteiger partial charge < -0.3 is 9.80 Å². The number of amides is 2. The average Bonchev–Trinajstić information content (AvgIpc) is 3.34. The van der Waals surface area contributed by atoms with Crippen LogP contribution in [0.2, 0.25) is 0 Å². The van der Waals surface area contributed by atoms with Gasteiger partial charge in [0.05, 0.1) is 16.6 Å². The molecule has 6 nitrogen and oxygen atoms in total. The van der Waals surface area contributed by atoms with Crippen LogP contribution in [-0.2, 0) is 19.4 Å². The van der Waals surface area contributed by atoms with Gasteiger partial charge >= 0.3 is 0 Å². The third-order valence-corrected chi connectivity index (χ3v) is 7.58. The summed E-state index contributed by atoms with van der Waals surface area (Å²) in [6, 6.07) is 13.6. The van der Waals surface area contributed by atoms with Gasteiger partial charge in [0.15, 0.2) is 9.84 Å². The van der Waals surface area contributed by atoms with Crippen LogP contribution in [0.5, 0.6) is 0 Å². The van der Waals surface area contributed by atoms with E-state index in [9.17, 15) is 22.4 Å². The standard InChI is InChI=1S/C22H23FN2O4S/c23-17-6-4-7-18(13-17)25-14-16(12-21(25)26)22(27)24-11-5-8-19(24)15-30(28,29)20-9-2-1-3-10-20/h1-4,6-7,9-10,13,16,19H,5,8,11-12,14-15H2. The first-order valence-corrected chi connectivity index (χ1v) is 11.6. The number of sulfone groups is 1. The maximum absolute atomic E-state index is 13.5. The summed E-state index contributed by atoms with van der Waals surface area (Å²) in [6.45, 7) is 0.661. The van der Waals surface area contributed by atoms with Crippen molar-refractivity contribution in [2.45, 2.75) is 30.2 Å². The van der Waals surface area contributed by atoms with Crippen molar-refractivity contribution in [1.82, 2.24) is 4.90 Å². The number of rotatable bonds is 5. The lowest BCUT2D eigenvalue weighted by Crippen LogP contribution is -2.43. The SMILES string of the molecule is O=C1CC(C(=O)N2CCCC2CS(=O)(=O)c2ccccc2)CN1c1cccc(F)c1. The van der Waals surface area contributed by atoms with Crippen LogP contribution in [0.15, 0.2) is 59.5 Å².